The predicted octanol–water partition coefficient (Wildman–Crippen LogP) is 7.34. The molecule has 0 saturated carbocycles. The summed E-state index contributed by atoms with van der Waals surface area (Å²) in [6.45, 7) is 8.12. The van der Waals surface area contributed by atoms with E-state index in [4.69, 9.17) is 18.5 Å². The summed E-state index contributed by atoms with van der Waals surface area (Å²) in [7, 11) is -3.49. The fourth-order valence-corrected chi connectivity index (χ4v) is 5.58. The molecule has 186 valence electrons. The van der Waals surface area contributed by atoms with E-state index in [2.05, 4.69) is 0 Å². The number of hydrogen-bond acceptors (Lipinski definition) is 7. The Morgan fingerprint density at radius 3 is 2.46 bits per heavy atom. The van der Waals surface area contributed by atoms with Crippen LogP contribution < -0.4 is 9.47 Å². The molecule has 1 heterocycles. The zero-order valence-electron chi connectivity index (χ0n) is 20.4. The van der Waals surface area contributed by atoms with E-state index in [9.17, 15) is 14.8 Å². The first-order valence-electron chi connectivity index (χ1n) is 11.6. The Kier molecular flexibility index (Phi) is 7.41. The van der Waals surface area contributed by atoms with Crippen molar-refractivity contribution in [1.82, 2.24) is 0 Å². The SMILES string of the molecule is Cc1cc(OCP2(=O)OCCC(c3cccc(O)c3)O2)cc(C)c1Oc1ccc(O)c(C(C)C)c1. The van der Waals surface area contributed by atoms with E-state index in [0.717, 1.165) is 22.3 Å². The summed E-state index contributed by atoms with van der Waals surface area (Å²) in [6, 6.07) is 15.6. The smallest absolute Gasteiger partial charge is 0.368 e. The number of ether oxygens (including phenoxy) is 2. The summed E-state index contributed by atoms with van der Waals surface area (Å²) in [5.41, 5.74) is 3.26. The van der Waals surface area contributed by atoms with E-state index in [1.807, 2.05) is 52.0 Å². The third-order valence-electron chi connectivity index (χ3n) is 5.86. The van der Waals surface area contributed by atoms with Gasteiger partial charge in [-0.25, -0.2) is 0 Å². The highest BCUT2D eigenvalue weighted by Gasteiger charge is 2.35. The first-order chi connectivity index (χ1) is 16.6. The molecule has 0 aromatic heterocycles. The van der Waals surface area contributed by atoms with Crippen molar-refractivity contribution in [2.24, 2.45) is 0 Å². The highest BCUT2D eigenvalue weighted by atomic mass is 31.2. The Labute approximate surface area is 205 Å². The fraction of sp³-hybridized carbons (Fsp3) is 0.333. The van der Waals surface area contributed by atoms with Gasteiger partial charge in [0.25, 0.3) is 0 Å². The molecule has 0 radical (unpaired) electrons. The van der Waals surface area contributed by atoms with Gasteiger partial charge >= 0.3 is 7.60 Å². The Morgan fingerprint density at radius 2 is 1.77 bits per heavy atom. The molecule has 1 aliphatic heterocycles. The lowest BCUT2D eigenvalue weighted by atomic mass is 10.0. The van der Waals surface area contributed by atoms with E-state index >= 15 is 0 Å². The maximum Gasteiger partial charge on any atom is 0.368 e. The number of aryl methyl sites for hydroxylation is 2. The Bertz CT molecular complexity index is 1230. The first-order valence-corrected chi connectivity index (χ1v) is 13.3. The third-order valence-corrected chi connectivity index (χ3v) is 7.46. The van der Waals surface area contributed by atoms with Gasteiger partial charge in [-0.2, -0.15) is 0 Å². The van der Waals surface area contributed by atoms with Gasteiger partial charge in [0, 0.05) is 12.0 Å². The average Bonchev–Trinajstić information content (AvgIpc) is 2.81. The van der Waals surface area contributed by atoms with E-state index in [1.54, 1.807) is 30.3 Å². The van der Waals surface area contributed by atoms with Crippen LogP contribution in [0.3, 0.4) is 0 Å². The van der Waals surface area contributed by atoms with Gasteiger partial charge in [0.05, 0.1) is 12.7 Å². The topological polar surface area (TPSA) is 94.5 Å². The van der Waals surface area contributed by atoms with Crippen LogP contribution in [0.15, 0.2) is 54.6 Å². The summed E-state index contributed by atoms with van der Waals surface area (Å²) >= 11 is 0. The van der Waals surface area contributed by atoms with Crippen LogP contribution in [0.5, 0.6) is 28.7 Å². The second-order valence-electron chi connectivity index (χ2n) is 9.06. The van der Waals surface area contributed by atoms with Gasteiger partial charge in [-0.3, -0.25) is 9.09 Å². The van der Waals surface area contributed by atoms with Crippen molar-refractivity contribution < 1.29 is 33.3 Å². The standard InChI is InChI=1S/C27H31O7P/c1-17(2)24-15-22(8-9-25(24)29)33-27-18(3)12-23(13-19(27)4)31-16-35(30)32-11-10-26(34-35)20-6-5-7-21(28)14-20/h5-9,12-15,17,26,28-29H,10-11,16H2,1-4H3. The zero-order valence-corrected chi connectivity index (χ0v) is 21.2. The molecule has 1 fully saturated rings. The Morgan fingerprint density at radius 1 is 1.03 bits per heavy atom. The van der Waals surface area contributed by atoms with E-state index < -0.39 is 13.7 Å². The van der Waals surface area contributed by atoms with Crippen LogP contribution in [0.2, 0.25) is 0 Å². The molecule has 3 aromatic carbocycles. The first kappa shape index (κ1) is 25.1. The fourth-order valence-electron chi connectivity index (χ4n) is 4.08. The second kappa shape index (κ2) is 10.3. The number of aromatic hydroxyl groups is 2. The van der Waals surface area contributed by atoms with Gasteiger partial charge in [-0.15, -0.1) is 0 Å². The van der Waals surface area contributed by atoms with Crippen molar-refractivity contribution in [3.05, 3.63) is 76.9 Å². The zero-order chi connectivity index (χ0) is 25.2. The lowest BCUT2D eigenvalue weighted by molar-refractivity contribution is 0.0724. The molecule has 7 nitrogen and oxygen atoms in total. The minimum atomic E-state index is -3.49. The van der Waals surface area contributed by atoms with Crippen LogP contribution in [0, 0.1) is 13.8 Å². The number of benzene rings is 3. The van der Waals surface area contributed by atoms with Crippen molar-refractivity contribution in [3.63, 3.8) is 0 Å². The molecule has 0 amide bonds. The molecule has 2 N–H and O–H groups in total. The van der Waals surface area contributed by atoms with Crippen LogP contribution in [-0.2, 0) is 13.6 Å². The second-order valence-corrected chi connectivity index (χ2v) is 11.0. The van der Waals surface area contributed by atoms with Crippen LogP contribution in [0.4, 0.5) is 0 Å². The molecule has 0 bridgehead atoms. The van der Waals surface area contributed by atoms with Crippen LogP contribution in [-0.4, -0.2) is 23.2 Å². The van der Waals surface area contributed by atoms with Gasteiger partial charge in [-0.05, 0) is 78.9 Å². The number of phenols is 2. The monoisotopic (exact) mass is 498 g/mol. The number of hydrogen-bond donors (Lipinski definition) is 2. The summed E-state index contributed by atoms with van der Waals surface area (Å²) in [4.78, 5) is 0. The maximum absolute atomic E-state index is 13.2. The molecule has 3 aromatic rings. The molecule has 1 aliphatic rings. The molecule has 0 aliphatic carbocycles. The quantitative estimate of drug-likeness (QED) is 0.329. The molecule has 2 atom stereocenters. The van der Waals surface area contributed by atoms with Crippen molar-refractivity contribution in [2.45, 2.75) is 46.1 Å². The molecule has 1 saturated heterocycles. The molecule has 4 rings (SSSR count). The third kappa shape index (κ3) is 5.99. The minimum Gasteiger partial charge on any atom is -0.508 e. The largest absolute Gasteiger partial charge is 0.508 e. The predicted molar refractivity (Wildman–Crippen MR) is 134 cm³/mol. The summed E-state index contributed by atoms with van der Waals surface area (Å²) < 4.78 is 36.4. The van der Waals surface area contributed by atoms with Crippen molar-refractivity contribution in [2.75, 3.05) is 13.0 Å². The normalized spacial score (nSPS) is 20.1. The Hall–Kier alpha value is -2.99. The summed E-state index contributed by atoms with van der Waals surface area (Å²) in [5, 5.41) is 19.8. The Balaban J connectivity index is 1.45. The van der Waals surface area contributed by atoms with E-state index in [1.165, 1.54) is 0 Å². The highest BCUT2D eigenvalue weighted by Crippen LogP contribution is 2.56. The van der Waals surface area contributed by atoms with Crippen LogP contribution in [0.25, 0.3) is 0 Å². The van der Waals surface area contributed by atoms with Gasteiger partial charge in [0.2, 0.25) is 0 Å². The molecule has 8 heteroatoms. The molecular formula is C27H31O7P. The average molecular weight is 499 g/mol. The van der Waals surface area contributed by atoms with Gasteiger partial charge < -0.3 is 24.2 Å². The van der Waals surface area contributed by atoms with Gasteiger partial charge in [0.1, 0.15) is 28.7 Å². The van der Waals surface area contributed by atoms with Crippen LogP contribution >= 0.6 is 7.60 Å². The van der Waals surface area contributed by atoms with Gasteiger partial charge in [0.15, 0.2) is 6.35 Å². The molecule has 2 unspecified atom stereocenters. The molecule has 35 heavy (non-hydrogen) atoms. The number of rotatable bonds is 7. The van der Waals surface area contributed by atoms with Gasteiger partial charge in [-0.1, -0.05) is 26.0 Å². The summed E-state index contributed by atoms with van der Waals surface area (Å²) in [5.74, 6) is 2.40. The number of phenolic OH excluding ortho intramolecular Hbond substituents is 2. The van der Waals surface area contributed by atoms with Crippen molar-refractivity contribution >= 4 is 7.60 Å². The maximum atomic E-state index is 13.2. The van der Waals surface area contributed by atoms with Crippen molar-refractivity contribution in [1.29, 1.82) is 0 Å². The highest BCUT2D eigenvalue weighted by molar-refractivity contribution is 7.53. The van der Waals surface area contributed by atoms with Crippen LogP contribution in [0.1, 0.15) is 54.5 Å². The lowest BCUT2D eigenvalue weighted by Gasteiger charge is -2.30. The minimum absolute atomic E-state index is 0.129. The van der Waals surface area contributed by atoms with Crippen molar-refractivity contribution in [3.8, 4) is 28.7 Å². The molecule has 0 spiro atoms. The van der Waals surface area contributed by atoms with E-state index in [0.29, 0.717) is 23.7 Å². The summed E-state index contributed by atoms with van der Waals surface area (Å²) in [6.07, 6.45) is -0.129. The molecular weight excluding hydrogens is 467 g/mol. The lowest BCUT2D eigenvalue weighted by Crippen LogP contribution is -2.17. The van der Waals surface area contributed by atoms with E-state index in [-0.39, 0.29) is 30.4 Å².